The summed E-state index contributed by atoms with van der Waals surface area (Å²) in [4.78, 5) is 12.5. The van der Waals surface area contributed by atoms with Crippen LogP contribution in [0, 0.1) is 40.9 Å². The molecule has 4 aliphatic carbocycles. The fourth-order valence-corrected chi connectivity index (χ4v) is 6.74. The maximum atomic E-state index is 12.5. The lowest BCUT2D eigenvalue weighted by atomic mass is 9.46. The Morgan fingerprint density at radius 3 is 2.83 bits per heavy atom. The first-order valence-corrected chi connectivity index (χ1v) is 9.37. The van der Waals surface area contributed by atoms with Crippen LogP contribution in [0.5, 0.6) is 0 Å². The predicted molar refractivity (Wildman–Crippen MR) is 93.6 cm³/mol. The topological polar surface area (TPSA) is 17.1 Å². The summed E-state index contributed by atoms with van der Waals surface area (Å²) in [6.45, 7) is 6.46. The molecule has 4 rings (SSSR count). The zero-order chi connectivity index (χ0) is 16.2. The molecule has 23 heavy (non-hydrogen) atoms. The molecule has 5 atom stereocenters. The van der Waals surface area contributed by atoms with Gasteiger partial charge in [-0.1, -0.05) is 30.7 Å². The van der Waals surface area contributed by atoms with Crippen molar-refractivity contribution in [2.24, 2.45) is 28.6 Å². The molecule has 0 aliphatic heterocycles. The Labute approximate surface area is 140 Å². The summed E-state index contributed by atoms with van der Waals surface area (Å²) in [5.41, 5.74) is 3.05. The average molecular weight is 308 g/mol. The molecule has 0 aromatic rings. The van der Waals surface area contributed by atoms with Crippen LogP contribution in [0.1, 0.15) is 64.7 Å². The summed E-state index contributed by atoms with van der Waals surface area (Å²) in [7, 11) is 0. The Kier molecular flexibility index (Phi) is 3.38. The van der Waals surface area contributed by atoms with Crippen LogP contribution in [0.3, 0.4) is 0 Å². The smallest absolute Gasteiger partial charge is 0.139 e. The van der Waals surface area contributed by atoms with E-state index in [0.717, 1.165) is 32.1 Å². The highest BCUT2D eigenvalue weighted by molar-refractivity contribution is 5.87. The molecule has 0 amide bonds. The fraction of sp³-hybridized carbons (Fsp3) is 0.682. The number of allylic oxidation sites excluding steroid dienone is 3. The van der Waals surface area contributed by atoms with E-state index in [-0.39, 0.29) is 10.8 Å². The lowest BCUT2D eigenvalue weighted by Gasteiger charge is -2.58. The number of carbonyl (C=O) groups is 1. The van der Waals surface area contributed by atoms with E-state index >= 15 is 0 Å². The van der Waals surface area contributed by atoms with Gasteiger partial charge in [0.2, 0.25) is 0 Å². The predicted octanol–water partition coefficient (Wildman–Crippen LogP) is 5.08. The third kappa shape index (κ3) is 1.97. The van der Waals surface area contributed by atoms with Crippen LogP contribution in [-0.4, -0.2) is 5.78 Å². The largest absolute Gasteiger partial charge is 0.299 e. The Balaban J connectivity index is 1.74. The molecule has 0 heterocycles. The van der Waals surface area contributed by atoms with Gasteiger partial charge in [0.25, 0.3) is 0 Å². The lowest BCUT2D eigenvalue weighted by Crippen LogP contribution is -2.51. The van der Waals surface area contributed by atoms with Crippen molar-refractivity contribution in [3.63, 3.8) is 0 Å². The summed E-state index contributed by atoms with van der Waals surface area (Å²) in [6.07, 6.45) is 18.0. The molecule has 0 aromatic heterocycles. The van der Waals surface area contributed by atoms with Gasteiger partial charge in [-0.2, -0.15) is 0 Å². The zero-order valence-electron chi connectivity index (χ0n) is 14.4. The SMILES string of the molecule is C#CC[C@]12CCC(=C)C=C1CC[C@@H]1[C@@H]2CC[C@]2(C)C(=O)CC[C@@H]12. The molecule has 0 saturated heterocycles. The number of hydrogen-bond donors (Lipinski definition) is 0. The van der Waals surface area contributed by atoms with E-state index in [9.17, 15) is 4.79 Å². The Morgan fingerprint density at radius 2 is 2.04 bits per heavy atom. The number of carbonyl (C=O) groups excluding carboxylic acids is 1. The number of terminal acetylenes is 1. The van der Waals surface area contributed by atoms with Crippen LogP contribution in [0.4, 0.5) is 0 Å². The number of Topliss-reactive ketones (excluding diaryl/α,β-unsaturated/α-hetero) is 1. The van der Waals surface area contributed by atoms with Crippen molar-refractivity contribution in [1.29, 1.82) is 0 Å². The van der Waals surface area contributed by atoms with Crippen LogP contribution in [0.15, 0.2) is 23.8 Å². The summed E-state index contributed by atoms with van der Waals surface area (Å²) >= 11 is 0. The Bertz CT molecular complexity index is 633. The van der Waals surface area contributed by atoms with Crippen LogP contribution in [0.2, 0.25) is 0 Å². The highest BCUT2D eigenvalue weighted by Gasteiger charge is 2.59. The Hall–Kier alpha value is -1.29. The van der Waals surface area contributed by atoms with Crippen LogP contribution in [0.25, 0.3) is 0 Å². The molecule has 4 aliphatic rings. The lowest BCUT2D eigenvalue weighted by molar-refractivity contribution is -0.132. The van der Waals surface area contributed by atoms with Gasteiger partial charge in [0.05, 0.1) is 0 Å². The fourth-order valence-electron chi connectivity index (χ4n) is 6.74. The van der Waals surface area contributed by atoms with E-state index in [1.165, 1.54) is 31.3 Å². The first-order valence-electron chi connectivity index (χ1n) is 9.37. The van der Waals surface area contributed by atoms with Crippen molar-refractivity contribution in [3.8, 4) is 12.3 Å². The molecule has 1 nitrogen and oxygen atoms in total. The minimum atomic E-state index is -0.0298. The van der Waals surface area contributed by atoms with E-state index in [0.29, 0.717) is 23.5 Å². The first-order chi connectivity index (χ1) is 11.0. The number of ketones is 1. The van der Waals surface area contributed by atoms with Crippen molar-refractivity contribution in [3.05, 3.63) is 23.8 Å². The summed E-state index contributed by atoms with van der Waals surface area (Å²) in [5, 5.41) is 0. The minimum Gasteiger partial charge on any atom is -0.299 e. The summed E-state index contributed by atoms with van der Waals surface area (Å²) in [5.74, 6) is 5.55. The second kappa shape index (κ2) is 5.10. The van der Waals surface area contributed by atoms with Crippen molar-refractivity contribution in [2.45, 2.75) is 64.7 Å². The van der Waals surface area contributed by atoms with Crippen molar-refractivity contribution >= 4 is 5.78 Å². The molecule has 3 saturated carbocycles. The van der Waals surface area contributed by atoms with Gasteiger partial charge in [0.15, 0.2) is 0 Å². The van der Waals surface area contributed by atoms with E-state index < -0.39 is 0 Å². The Morgan fingerprint density at radius 1 is 1.22 bits per heavy atom. The molecule has 3 fully saturated rings. The number of rotatable bonds is 1. The van der Waals surface area contributed by atoms with E-state index in [1.54, 1.807) is 5.57 Å². The van der Waals surface area contributed by atoms with E-state index in [1.807, 2.05) is 0 Å². The molecule has 122 valence electrons. The van der Waals surface area contributed by atoms with Gasteiger partial charge < -0.3 is 0 Å². The van der Waals surface area contributed by atoms with Gasteiger partial charge in [0.1, 0.15) is 5.78 Å². The molecule has 0 bridgehead atoms. The van der Waals surface area contributed by atoms with Crippen LogP contribution < -0.4 is 0 Å². The number of hydrogen-bond acceptors (Lipinski definition) is 1. The van der Waals surface area contributed by atoms with Crippen LogP contribution in [-0.2, 0) is 4.79 Å². The third-order valence-corrected chi connectivity index (χ3v) is 7.93. The quantitative estimate of drug-likeness (QED) is 0.617. The first kappa shape index (κ1) is 15.3. The molecule has 0 aromatic carbocycles. The van der Waals surface area contributed by atoms with Gasteiger partial charge >= 0.3 is 0 Å². The molecule has 1 heteroatoms. The van der Waals surface area contributed by atoms with E-state index in [4.69, 9.17) is 6.42 Å². The van der Waals surface area contributed by atoms with Crippen molar-refractivity contribution in [1.82, 2.24) is 0 Å². The average Bonchev–Trinajstić information content (AvgIpc) is 2.84. The van der Waals surface area contributed by atoms with Crippen LogP contribution >= 0.6 is 0 Å². The van der Waals surface area contributed by atoms with Crippen molar-refractivity contribution in [2.75, 3.05) is 0 Å². The monoisotopic (exact) mass is 308 g/mol. The van der Waals surface area contributed by atoms with E-state index in [2.05, 4.69) is 25.5 Å². The third-order valence-electron chi connectivity index (χ3n) is 7.93. The summed E-state index contributed by atoms with van der Waals surface area (Å²) in [6, 6.07) is 0. The molecule has 0 spiro atoms. The van der Waals surface area contributed by atoms with Gasteiger partial charge in [-0.25, -0.2) is 0 Å². The standard InChI is InChI=1S/C22H28O/c1-4-11-22-13-9-15(2)14-16(22)5-6-17-18-7-8-20(23)21(18,3)12-10-19(17)22/h1,14,17-19H,2,5-13H2,3H3/t17-,18-,19-,21-,22-/m0/s1. The molecular formula is C22H28O. The normalized spacial score (nSPS) is 45.6. The molecule has 0 unspecified atom stereocenters. The maximum absolute atomic E-state index is 12.5. The second-order valence-corrected chi connectivity index (χ2v) is 8.70. The second-order valence-electron chi connectivity index (χ2n) is 8.70. The molecular weight excluding hydrogens is 280 g/mol. The summed E-state index contributed by atoms with van der Waals surface area (Å²) < 4.78 is 0. The van der Waals surface area contributed by atoms with Gasteiger partial charge in [-0.15, -0.1) is 12.3 Å². The van der Waals surface area contributed by atoms with Gasteiger partial charge in [-0.05, 0) is 62.7 Å². The number of fused-ring (bicyclic) bond motifs is 5. The minimum absolute atomic E-state index is 0.0298. The molecule has 0 N–H and O–H groups in total. The van der Waals surface area contributed by atoms with Crippen molar-refractivity contribution < 1.29 is 4.79 Å². The zero-order valence-corrected chi connectivity index (χ0v) is 14.4. The molecule has 0 radical (unpaired) electrons. The highest BCUT2D eigenvalue weighted by atomic mass is 16.1. The maximum Gasteiger partial charge on any atom is 0.139 e. The van der Waals surface area contributed by atoms with Gasteiger partial charge in [-0.3, -0.25) is 4.79 Å². The van der Waals surface area contributed by atoms with Gasteiger partial charge in [0, 0.05) is 23.7 Å². The highest BCUT2D eigenvalue weighted by Crippen LogP contribution is 2.65.